The number of alkyl halides is 4. The van der Waals surface area contributed by atoms with Crippen molar-refractivity contribution in [3.63, 3.8) is 0 Å². The maximum absolute atomic E-state index is 14.4. The van der Waals surface area contributed by atoms with Crippen molar-refractivity contribution in [3.05, 3.63) is 39.9 Å². The van der Waals surface area contributed by atoms with Crippen LogP contribution < -0.4 is 10.7 Å². The molecule has 168 valence electrons. The summed E-state index contributed by atoms with van der Waals surface area (Å²) in [5.74, 6) is -7.02. The maximum atomic E-state index is 14.4. The van der Waals surface area contributed by atoms with Crippen LogP contribution in [0.25, 0.3) is 10.9 Å². The largest absolute Gasteiger partial charge is 0.358 e. The number of fused-ring (bicyclic) bond motifs is 1. The summed E-state index contributed by atoms with van der Waals surface area (Å²) in [6.07, 6.45) is 1.03. The molecule has 2 aliphatic rings. The Morgan fingerprint density at radius 3 is 2.48 bits per heavy atom. The Labute approximate surface area is 176 Å². The average Bonchev–Trinajstić information content (AvgIpc) is 2.72. The highest BCUT2D eigenvalue weighted by atomic mass is 19.3. The topological polar surface area (TPSA) is 74.8 Å². The van der Waals surface area contributed by atoms with Crippen molar-refractivity contribution >= 4 is 16.8 Å². The molecular weight excluding hydrogens is 414 g/mol. The van der Waals surface area contributed by atoms with E-state index in [2.05, 4.69) is 15.3 Å². The highest BCUT2D eigenvalue weighted by molar-refractivity contribution is 6.04. The van der Waals surface area contributed by atoms with E-state index in [1.165, 1.54) is 25.4 Å². The third-order valence-corrected chi connectivity index (χ3v) is 6.85. The Balaban J connectivity index is 1.74. The molecule has 0 spiro atoms. The van der Waals surface area contributed by atoms with Gasteiger partial charge in [0.25, 0.3) is 5.91 Å². The zero-order valence-electron chi connectivity index (χ0n) is 17.2. The van der Waals surface area contributed by atoms with Gasteiger partial charge < -0.3 is 10.3 Å². The minimum atomic E-state index is -2.88. The van der Waals surface area contributed by atoms with Crippen LogP contribution in [-0.4, -0.2) is 34.8 Å². The lowest BCUT2D eigenvalue weighted by atomic mass is 9.65. The SMILES string of the molecule is CNC(=O)c1nccc2[nH]c([C@@H]3CC(F)(F)CC[C@H]3C3CCC(F)(F)CC3)cc(=O)c12. The van der Waals surface area contributed by atoms with E-state index in [0.717, 1.165) is 0 Å². The zero-order valence-corrected chi connectivity index (χ0v) is 17.2. The Morgan fingerprint density at radius 2 is 1.81 bits per heavy atom. The zero-order chi connectivity index (χ0) is 22.4. The van der Waals surface area contributed by atoms with Gasteiger partial charge in [-0.15, -0.1) is 0 Å². The molecule has 5 nitrogen and oxygen atoms in total. The molecule has 2 N–H and O–H groups in total. The predicted octanol–water partition coefficient (Wildman–Crippen LogP) is 4.63. The molecule has 0 radical (unpaired) electrons. The number of nitrogens with one attached hydrogen (secondary N) is 2. The van der Waals surface area contributed by atoms with Crippen molar-refractivity contribution in [3.8, 4) is 0 Å². The van der Waals surface area contributed by atoms with Gasteiger partial charge in [-0.2, -0.15) is 0 Å². The fourth-order valence-corrected chi connectivity index (χ4v) is 5.26. The highest BCUT2D eigenvalue weighted by Crippen LogP contribution is 2.51. The number of hydrogen-bond donors (Lipinski definition) is 2. The number of amides is 1. The van der Waals surface area contributed by atoms with Gasteiger partial charge in [0.2, 0.25) is 11.8 Å². The summed E-state index contributed by atoms with van der Waals surface area (Å²) in [5.41, 5.74) is 0.207. The van der Waals surface area contributed by atoms with E-state index in [9.17, 15) is 27.2 Å². The van der Waals surface area contributed by atoms with Crippen LogP contribution in [0.5, 0.6) is 0 Å². The second kappa shape index (κ2) is 7.91. The molecule has 2 heterocycles. The molecule has 9 heteroatoms. The van der Waals surface area contributed by atoms with Crippen LogP contribution >= 0.6 is 0 Å². The van der Waals surface area contributed by atoms with Crippen molar-refractivity contribution in [2.75, 3.05) is 7.05 Å². The van der Waals surface area contributed by atoms with Crippen LogP contribution in [0.3, 0.4) is 0 Å². The number of pyridine rings is 2. The Kier molecular flexibility index (Phi) is 5.55. The number of rotatable bonds is 3. The van der Waals surface area contributed by atoms with Crippen LogP contribution in [-0.2, 0) is 0 Å². The van der Waals surface area contributed by atoms with Gasteiger partial charge >= 0.3 is 0 Å². The molecule has 2 saturated carbocycles. The fourth-order valence-electron chi connectivity index (χ4n) is 5.26. The van der Waals surface area contributed by atoms with Gasteiger partial charge in [-0.05, 0) is 37.2 Å². The molecule has 2 aromatic rings. The van der Waals surface area contributed by atoms with Gasteiger partial charge in [0.1, 0.15) is 5.69 Å². The summed E-state index contributed by atoms with van der Waals surface area (Å²) < 4.78 is 56.0. The number of H-pyrrole nitrogens is 1. The lowest BCUT2D eigenvalue weighted by molar-refractivity contribution is -0.0840. The first-order valence-corrected chi connectivity index (χ1v) is 10.6. The number of aromatic amines is 1. The van der Waals surface area contributed by atoms with E-state index in [1.807, 2.05) is 0 Å². The van der Waals surface area contributed by atoms with Gasteiger partial charge in [-0.25, -0.2) is 17.6 Å². The van der Waals surface area contributed by atoms with E-state index < -0.39 is 35.5 Å². The van der Waals surface area contributed by atoms with Gasteiger partial charge in [-0.3, -0.25) is 14.6 Å². The molecule has 2 aromatic heterocycles. The van der Waals surface area contributed by atoms with Gasteiger partial charge in [0, 0.05) is 56.6 Å². The van der Waals surface area contributed by atoms with Crippen molar-refractivity contribution < 1.29 is 22.4 Å². The maximum Gasteiger partial charge on any atom is 0.270 e. The van der Waals surface area contributed by atoms with Crippen LogP contribution in [0.15, 0.2) is 23.1 Å². The Morgan fingerprint density at radius 1 is 1.13 bits per heavy atom. The molecule has 0 unspecified atom stereocenters. The third kappa shape index (κ3) is 4.32. The van der Waals surface area contributed by atoms with E-state index in [4.69, 9.17) is 0 Å². The molecular formula is C22H25F4N3O2. The lowest BCUT2D eigenvalue weighted by Gasteiger charge is -2.42. The van der Waals surface area contributed by atoms with Crippen LogP contribution in [0, 0.1) is 11.8 Å². The number of halogens is 4. The lowest BCUT2D eigenvalue weighted by Crippen LogP contribution is -2.38. The second-order valence-electron chi connectivity index (χ2n) is 8.81. The molecule has 0 saturated heterocycles. The predicted molar refractivity (Wildman–Crippen MR) is 108 cm³/mol. The van der Waals surface area contributed by atoms with E-state index in [-0.39, 0.29) is 48.6 Å². The fraction of sp³-hybridized carbons (Fsp3) is 0.591. The number of aromatic nitrogens is 2. The van der Waals surface area contributed by atoms with Gasteiger partial charge in [0.05, 0.1) is 10.9 Å². The third-order valence-electron chi connectivity index (χ3n) is 6.85. The average molecular weight is 439 g/mol. The van der Waals surface area contributed by atoms with Crippen LogP contribution in [0.2, 0.25) is 0 Å². The Bertz CT molecular complexity index is 1040. The van der Waals surface area contributed by atoms with Crippen molar-refractivity contribution in [1.82, 2.24) is 15.3 Å². The summed E-state index contributed by atoms with van der Waals surface area (Å²) in [5, 5.41) is 2.53. The first-order chi connectivity index (χ1) is 14.6. The first-order valence-electron chi connectivity index (χ1n) is 10.6. The molecule has 1 amide bonds. The summed E-state index contributed by atoms with van der Waals surface area (Å²) in [4.78, 5) is 32.0. The van der Waals surface area contributed by atoms with Crippen LogP contribution in [0.4, 0.5) is 17.6 Å². The van der Waals surface area contributed by atoms with Gasteiger partial charge in [-0.1, -0.05) is 0 Å². The Hall–Kier alpha value is -2.45. The first kappa shape index (κ1) is 21.8. The van der Waals surface area contributed by atoms with E-state index in [1.54, 1.807) is 0 Å². The quantitative estimate of drug-likeness (QED) is 0.685. The van der Waals surface area contributed by atoms with Crippen molar-refractivity contribution in [2.45, 2.75) is 62.7 Å². The molecule has 2 aliphatic carbocycles. The molecule has 0 aromatic carbocycles. The summed E-state index contributed by atoms with van der Waals surface area (Å²) in [6.45, 7) is 0. The molecule has 0 bridgehead atoms. The molecule has 2 atom stereocenters. The standard InChI is InChI=1S/C22H25F4N3O2/c1-27-20(31)19-18-15(5-9-28-19)29-16(10-17(18)30)14-11-22(25,26)8-4-13(14)12-2-6-21(23,24)7-3-12/h5,9-10,12-14H,2-4,6-8,11H2,1H3,(H,27,31)(H,29,30)/t13-,14+/m0/s1. The summed E-state index contributed by atoms with van der Waals surface area (Å²) in [7, 11) is 1.42. The minimum absolute atomic E-state index is 0.0344. The monoisotopic (exact) mass is 439 g/mol. The number of nitrogens with zero attached hydrogens (tertiary/aromatic N) is 1. The molecule has 31 heavy (non-hydrogen) atoms. The van der Waals surface area contributed by atoms with Gasteiger partial charge in [0.15, 0.2) is 5.43 Å². The molecule has 2 fully saturated rings. The van der Waals surface area contributed by atoms with E-state index in [0.29, 0.717) is 24.1 Å². The second-order valence-corrected chi connectivity index (χ2v) is 8.81. The number of carbonyl (C=O) groups is 1. The molecule has 4 rings (SSSR count). The van der Waals surface area contributed by atoms with Crippen molar-refractivity contribution in [1.29, 1.82) is 0 Å². The molecule has 0 aliphatic heterocycles. The van der Waals surface area contributed by atoms with Crippen LogP contribution in [0.1, 0.15) is 67.0 Å². The normalized spacial score (nSPS) is 26.0. The number of carbonyl (C=O) groups excluding carboxylic acids is 1. The smallest absolute Gasteiger partial charge is 0.270 e. The van der Waals surface area contributed by atoms with E-state index >= 15 is 0 Å². The summed E-state index contributed by atoms with van der Waals surface area (Å²) >= 11 is 0. The highest BCUT2D eigenvalue weighted by Gasteiger charge is 2.47. The minimum Gasteiger partial charge on any atom is -0.358 e. The van der Waals surface area contributed by atoms with Crippen molar-refractivity contribution in [2.24, 2.45) is 11.8 Å². The number of hydrogen-bond acceptors (Lipinski definition) is 3. The summed E-state index contributed by atoms with van der Waals surface area (Å²) in [6, 6.07) is 2.80.